The molecule has 132 valence electrons. The van der Waals surface area contributed by atoms with Crippen LogP contribution in [-0.2, 0) is 6.54 Å². The zero-order valence-electron chi connectivity index (χ0n) is 14.1. The molecule has 1 aromatic carbocycles. The fourth-order valence-electron chi connectivity index (χ4n) is 2.73. The van der Waals surface area contributed by atoms with Gasteiger partial charge in [-0.3, -0.25) is 0 Å². The lowest BCUT2D eigenvalue weighted by Gasteiger charge is -2.23. The van der Waals surface area contributed by atoms with Crippen LogP contribution in [0.3, 0.4) is 0 Å². The second-order valence-corrected chi connectivity index (χ2v) is 5.66. The number of terminal acetylenes is 1. The summed E-state index contributed by atoms with van der Waals surface area (Å²) in [7, 11) is 1.60. The third-order valence-corrected chi connectivity index (χ3v) is 3.93. The van der Waals surface area contributed by atoms with Crippen molar-refractivity contribution in [1.29, 1.82) is 0 Å². The van der Waals surface area contributed by atoms with Gasteiger partial charge < -0.3 is 20.5 Å². The number of guanidine groups is 1. The third kappa shape index (κ3) is 6.48. The van der Waals surface area contributed by atoms with Crippen LogP contribution in [0.2, 0.25) is 0 Å². The van der Waals surface area contributed by atoms with Gasteiger partial charge in [0.25, 0.3) is 0 Å². The molecule has 2 rings (SSSR count). The molecule has 6 heteroatoms. The maximum absolute atomic E-state index is 5.98. The minimum atomic E-state index is 0. The van der Waals surface area contributed by atoms with E-state index in [-0.39, 0.29) is 30.6 Å². The Balaban J connectivity index is 0.00000288. The Kier molecular flexibility index (Phi) is 9.38. The number of hydrogen-bond acceptors (Lipinski definition) is 3. The topological polar surface area (TPSA) is 68.9 Å². The largest absolute Gasteiger partial charge is 0.493 e. The molecular formula is C18H26IN3O2. The van der Waals surface area contributed by atoms with Crippen LogP contribution in [0.25, 0.3) is 0 Å². The number of rotatable bonds is 6. The average Bonchev–Trinajstić information content (AvgIpc) is 2.59. The predicted octanol–water partition coefficient (Wildman–Crippen LogP) is 3.06. The zero-order valence-corrected chi connectivity index (χ0v) is 16.4. The molecule has 1 aliphatic rings. The van der Waals surface area contributed by atoms with Crippen LogP contribution in [0.4, 0.5) is 0 Å². The molecule has 1 saturated carbocycles. The molecule has 5 nitrogen and oxygen atoms in total. The van der Waals surface area contributed by atoms with Crippen molar-refractivity contribution in [2.24, 2.45) is 10.7 Å². The van der Waals surface area contributed by atoms with Gasteiger partial charge >= 0.3 is 0 Å². The molecule has 0 amide bonds. The van der Waals surface area contributed by atoms with Crippen molar-refractivity contribution in [1.82, 2.24) is 5.32 Å². The molecule has 0 bridgehead atoms. The molecule has 3 N–H and O–H groups in total. The number of methoxy groups -OCH3 is 1. The Bertz CT molecular complexity index is 578. The average molecular weight is 443 g/mol. The van der Waals surface area contributed by atoms with E-state index in [0.717, 1.165) is 5.56 Å². The van der Waals surface area contributed by atoms with E-state index in [2.05, 4.69) is 16.2 Å². The van der Waals surface area contributed by atoms with Crippen LogP contribution in [0.15, 0.2) is 23.2 Å². The quantitative estimate of drug-likeness (QED) is 0.307. The number of aliphatic imine (C=N–C) groups is 1. The van der Waals surface area contributed by atoms with Gasteiger partial charge in [-0.25, -0.2) is 4.99 Å². The lowest BCUT2D eigenvalue weighted by molar-refractivity contribution is 0.330. The summed E-state index contributed by atoms with van der Waals surface area (Å²) in [6, 6.07) is 6.13. The number of nitrogens with zero attached hydrogens (tertiary/aromatic N) is 1. The van der Waals surface area contributed by atoms with Gasteiger partial charge in [-0.05, 0) is 30.5 Å². The molecule has 0 aliphatic heterocycles. The van der Waals surface area contributed by atoms with Crippen molar-refractivity contribution in [2.75, 3.05) is 13.7 Å². The monoisotopic (exact) mass is 443 g/mol. The summed E-state index contributed by atoms with van der Waals surface area (Å²) in [4.78, 5) is 4.41. The number of nitrogens with one attached hydrogen (secondary N) is 1. The Morgan fingerprint density at radius 3 is 2.75 bits per heavy atom. The van der Waals surface area contributed by atoms with E-state index in [1.54, 1.807) is 7.11 Å². The van der Waals surface area contributed by atoms with Crippen LogP contribution in [0.1, 0.15) is 37.7 Å². The highest BCUT2D eigenvalue weighted by molar-refractivity contribution is 14.0. The van der Waals surface area contributed by atoms with E-state index in [0.29, 0.717) is 30.0 Å². The SMILES string of the molecule is C#CCOc1cc(CN=C(N)NC2CCCCC2)ccc1OC.I. The van der Waals surface area contributed by atoms with Crippen molar-refractivity contribution < 1.29 is 9.47 Å². The Morgan fingerprint density at radius 1 is 1.33 bits per heavy atom. The maximum atomic E-state index is 5.98. The van der Waals surface area contributed by atoms with Gasteiger partial charge in [0.15, 0.2) is 17.5 Å². The van der Waals surface area contributed by atoms with Gasteiger partial charge in [-0.1, -0.05) is 31.2 Å². The second kappa shape index (κ2) is 11.0. The van der Waals surface area contributed by atoms with Crippen molar-refractivity contribution in [3.8, 4) is 23.8 Å². The Hall–Kier alpha value is -1.62. The van der Waals surface area contributed by atoms with E-state index >= 15 is 0 Å². The summed E-state index contributed by atoms with van der Waals surface area (Å²) in [5, 5.41) is 3.31. The van der Waals surface area contributed by atoms with Crippen molar-refractivity contribution in [3.05, 3.63) is 23.8 Å². The fraction of sp³-hybridized carbons (Fsp3) is 0.500. The first kappa shape index (κ1) is 20.4. The zero-order chi connectivity index (χ0) is 16.5. The van der Waals surface area contributed by atoms with Gasteiger partial charge in [-0.15, -0.1) is 30.4 Å². The number of nitrogens with two attached hydrogens (primary N) is 1. The molecule has 0 aromatic heterocycles. The molecule has 1 fully saturated rings. The van der Waals surface area contributed by atoms with Gasteiger partial charge in [0.2, 0.25) is 0 Å². The molecule has 24 heavy (non-hydrogen) atoms. The lowest BCUT2D eigenvalue weighted by Crippen LogP contribution is -2.41. The number of ether oxygens (including phenoxy) is 2. The molecule has 0 spiro atoms. The Labute approximate surface area is 161 Å². The van der Waals surface area contributed by atoms with E-state index in [9.17, 15) is 0 Å². The van der Waals surface area contributed by atoms with Crippen LogP contribution in [-0.4, -0.2) is 25.7 Å². The summed E-state index contributed by atoms with van der Waals surface area (Å²) in [5.74, 6) is 4.22. The molecule has 0 atom stereocenters. The van der Waals surface area contributed by atoms with Crippen LogP contribution >= 0.6 is 24.0 Å². The molecule has 0 radical (unpaired) electrons. The van der Waals surface area contributed by atoms with E-state index in [1.165, 1.54) is 32.1 Å². The summed E-state index contributed by atoms with van der Waals surface area (Å²) in [5.41, 5.74) is 6.97. The van der Waals surface area contributed by atoms with Crippen molar-refractivity contribution >= 4 is 29.9 Å². The highest BCUT2D eigenvalue weighted by Crippen LogP contribution is 2.28. The van der Waals surface area contributed by atoms with Gasteiger partial charge in [0.05, 0.1) is 13.7 Å². The minimum Gasteiger partial charge on any atom is -0.493 e. The van der Waals surface area contributed by atoms with Gasteiger partial charge in [-0.2, -0.15) is 0 Å². The number of hydrogen-bond donors (Lipinski definition) is 2. The highest BCUT2D eigenvalue weighted by atomic mass is 127. The normalized spacial score (nSPS) is 15.1. The summed E-state index contributed by atoms with van der Waals surface area (Å²) < 4.78 is 10.7. The van der Waals surface area contributed by atoms with E-state index < -0.39 is 0 Å². The van der Waals surface area contributed by atoms with Crippen LogP contribution in [0, 0.1) is 12.3 Å². The highest BCUT2D eigenvalue weighted by Gasteiger charge is 2.13. The standard InChI is InChI=1S/C18H25N3O2.HI/c1-3-11-23-17-12-14(9-10-16(17)22-2)13-20-18(19)21-15-7-5-4-6-8-15;/h1,9-10,12,15H,4-8,11,13H2,2H3,(H3,19,20,21);1H. The maximum Gasteiger partial charge on any atom is 0.189 e. The third-order valence-electron chi connectivity index (χ3n) is 3.93. The van der Waals surface area contributed by atoms with Gasteiger partial charge in [0, 0.05) is 6.04 Å². The molecule has 1 aromatic rings. The molecule has 0 unspecified atom stereocenters. The second-order valence-electron chi connectivity index (χ2n) is 5.66. The first-order valence-corrected chi connectivity index (χ1v) is 8.02. The Morgan fingerprint density at radius 2 is 2.08 bits per heavy atom. The van der Waals surface area contributed by atoms with E-state index in [4.69, 9.17) is 21.6 Å². The molecule has 0 saturated heterocycles. The molecule has 1 aliphatic carbocycles. The van der Waals surface area contributed by atoms with Crippen molar-refractivity contribution in [2.45, 2.75) is 44.7 Å². The molecule has 0 heterocycles. The minimum absolute atomic E-state index is 0. The van der Waals surface area contributed by atoms with Gasteiger partial charge in [0.1, 0.15) is 6.61 Å². The smallest absolute Gasteiger partial charge is 0.189 e. The number of benzene rings is 1. The lowest BCUT2D eigenvalue weighted by atomic mass is 9.96. The predicted molar refractivity (Wildman–Crippen MR) is 108 cm³/mol. The van der Waals surface area contributed by atoms with Crippen LogP contribution < -0.4 is 20.5 Å². The van der Waals surface area contributed by atoms with Crippen molar-refractivity contribution in [3.63, 3.8) is 0 Å². The van der Waals surface area contributed by atoms with Crippen LogP contribution in [0.5, 0.6) is 11.5 Å². The summed E-state index contributed by atoms with van der Waals surface area (Å²) in [6.07, 6.45) is 11.4. The summed E-state index contributed by atoms with van der Waals surface area (Å²) >= 11 is 0. The summed E-state index contributed by atoms with van der Waals surface area (Å²) in [6.45, 7) is 0.691. The van der Waals surface area contributed by atoms with E-state index in [1.807, 2.05) is 18.2 Å². The fourth-order valence-corrected chi connectivity index (χ4v) is 2.73. The first-order valence-electron chi connectivity index (χ1n) is 8.02. The molecular weight excluding hydrogens is 417 g/mol. The first-order chi connectivity index (χ1) is 11.2. The number of halogens is 1.